The Morgan fingerprint density at radius 2 is 1.46 bits per heavy atom. The van der Waals surface area contributed by atoms with E-state index in [1.165, 1.54) is 24.0 Å². The SMILES string of the molecule is CC1CCc2ccccc21.CN(C(=O)OC(C)(C)C)[C@@H]1CCc2ccccc21. The van der Waals surface area contributed by atoms with Gasteiger partial charge in [0.15, 0.2) is 0 Å². The number of carbonyl (C=O) groups excluding carboxylic acids is 1. The molecule has 3 nitrogen and oxygen atoms in total. The van der Waals surface area contributed by atoms with Gasteiger partial charge in [-0.15, -0.1) is 0 Å². The Morgan fingerprint density at radius 3 is 2.07 bits per heavy atom. The molecule has 0 saturated heterocycles. The van der Waals surface area contributed by atoms with Crippen molar-refractivity contribution < 1.29 is 9.53 Å². The fourth-order valence-corrected chi connectivity index (χ4v) is 4.17. The van der Waals surface area contributed by atoms with Crippen LogP contribution in [-0.2, 0) is 17.6 Å². The van der Waals surface area contributed by atoms with Crippen molar-refractivity contribution in [2.45, 2.75) is 70.9 Å². The Morgan fingerprint density at radius 1 is 0.929 bits per heavy atom. The number of ether oxygens (including phenoxy) is 1. The molecule has 0 heterocycles. The first kappa shape index (κ1) is 20.4. The summed E-state index contributed by atoms with van der Waals surface area (Å²) >= 11 is 0. The second kappa shape index (κ2) is 8.38. The van der Waals surface area contributed by atoms with E-state index in [1.54, 1.807) is 16.0 Å². The predicted octanol–water partition coefficient (Wildman–Crippen LogP) is 6.28. The van der Waals surface area contributed by atoms with E-state index >= 15 is 0 Å². The number of hydrogen-bond donors (Lipinski definition) is 0. The van der Waals surface area contributed by atoms with E-state index in [0.717, 1.165) is 18.8 Å². The van der Waals surface area contributed by atoms with Crippen molar-refractivity contribution in [2.75, 3.05) is 7.05 Å². The molecule has 4 rings (SSSR count). The topological polar surface area (TPSA) is 29.5 Å². The number of hydrogen-bond acceptors (Lipinski definition) is 2. The summed E-state index contributed by atoms with van der Waals surface area (Å²) in [6, 6.07) is 17.3. The highest BCUT2D eigenvalue weighted by atomic mass is 16.6. The molecule has 2 aromatic carbocycles. The average Bonchev–Trinajstić information content (AvgIpc) is 3.25. The van der Waals surface area contributed by atoms with Crippen LogP contribution in [-0.4, -0.2) is 23.6 Å². The number of rotatable bonds is 1. The molecule has 0 radical (unpaired) electrons. The number of aryl methyl sites for hydroxylation is 2. The van der Waals surface area contributed by atoms with Gasteiger partial charge in [-0.25, -0.2) is 4.79 Å². The van der Waals surface area contributed by atoms with E-state index in [2.05, 4.69) is 49.4 Å². The van der Waals surface area contributed by atoms with Gasteiger partial charge in [-0.2, -0.15) is 0 Å². The zero-order valence-corrected chi connectivity index (χ0v) is 17.9. The summed E-state index contributed by atoms with van der Waals surface area (Å²) in [5.41, 5.74) is 5.30. The van der Waals surface area contributed by atoms with Gasteiger partial charge in [0.1, 0.15) is 5.60 Å². The maximum atomic E-state index is 12.1. The van der Waals surface area contributed by atoms with E-state index in [1.807, 2.05) is 33.9 Å². The molecule has 2 aliphatic carbocycles. The molecule has 0 spiro atoms. The van der Waals surface area contributed by atoms with Crippen molar-refractivity contribution >= 4 is 6.09 Å². The predicted molar refractivity (Wildman–Crippen MR) is 115 cm³/mol. The van der Waals surface area contributed by atoms with Gasteiger partial charge in [0.05, 0.1) is 6.04 Å². The van der Waals surface area contributed by atoms with Gasteiger partial charge in [0, 0.05) is 7.05 Å². The summed E-state index contributed by atoms with van der Waals surface area (Å²) in [5, 5.41) is 0. The fraction of sp³-hybridized carbons (Fsp3) is 0.480. The molecule has 0 aliphatic heterocycles. The van der Waals surface area contributed by atoms with Crippen molar-refractivity contribution in [3.8, 4) is 0 Å². The largest absolute Gasteiger partial charge is 0.444 e. The average molecular weight is 380 g/mol. The van der Waals surface area contributed by atoms with Crippen LogP contribution < -0.4 is 0 Å². The lowest BCUT2D eigenvalue weighted by Gasteiger charge is -2.29. The number of benzene rings is 2. The summed E-state index contributed by atoms with van der Waals surface area (Å²) in [6.07, 6.45) is 4.41. The van der Waals surface area contributed by atoms with Crippen molar-refractivity contribution in [1.82, 2.24) is 4.90 Å². The van der Waals surface area contributed by atoms with Crippen LogP contribution in [0.4, 0.5) is 4.79 Å². The van der Waals surface area contributed by atoms with Crippen LogP contribution in [0, 0.1) is 0 Å². The van der Waals surface area contributed by atoms with Crippen LogP contribution in [0.3, 0.4) is 0 Å². The van der Waals surface area contributed by atoms with Crippen LogP contribution in [0.5, 0.6) is 0 Å². The summed E-state index contributed by atoms with van der Waals surface area (Å²) in [4.78, 5) is 13.8. The summed E-state index contributed by atoms with van der Waals surface area (Å²) in [6.45, 7) is 7.98. The Labute approximate surface area is 169 Å². The van der Waals surface area contributed by atoms with Gasteiger partial charge in [-0.3, -0.25) is 0 Å². The summed E-state index contributed by atoms with van der Waals surface area (Å²) in [5.74, 6) is 0.802. The zero-order valence-electron chi connectivity index (χ0n) is 17.9. The van der Waals surface area contributed by atoms with Gasteiger partial charge < -0.3 is 9.64 Å². The number of carbonyl (C=O) groups is 1. The van der Waals surface area contributed by atoms with E-state index in [0.29, 0.717) is 0 Å². The lowest BCUT2D eigenvalue weighted by atomic mass is 10.0. The Bertz CT molecular complexity index is 821. The van der Waals surface area contributed by atoms with E-state index in [9.17, 15) is 4.79 Å². The molecule has 28 heavy (non-hydrogen) atoms. The highest BCUT2D eigenvalue weighted by Crippen LogP contribution is 2.35. The van der Waals surface area contributed by atoms with Crippen molar-refractivity contribution in [2.24, 2.45) is 0 Å². The molecule has 0 bridgehead atoms. The maximum Gasteiger partial charge on any atom is 0.410 e. The normalized spacial score (nSPS) is 19.9. The third-order valence-corrected chi connectivity index (χ3v) is 5.68. The molecule has 0 saturated carbocycles. The molecule has 1 unspecified atom stereocenters. The van der Waals surface area contributed by atoms with Crippen molar-refractivity contribution in [3.05, 3.63) is 70.8 Å². The fourth-order valence-electron chi connectivity index (χ4n) is 4.17. The molecule has 2 aromatic rings. The molecule has 150 valence electrons. The summed E-state index contributed by atoms with van der Waals surface area (Å²) < 4.78 is 5.41. The maximum absolute atomic E-state index is 12.1. The van der Waals surface area contributed by atoms with Crippen LogP contribution >= 0.6 is 0 Å². The van der Waals surface area contributed by atoms with E-state index < -0.39 is 5.60 Å². The Balaban J connectivity index is 0.000000188. The van der Waals surface area contributed by atoms with E-state index in [-0.39, 0.29) is 12.1 Å². The highest BCUT2D eigenvalue weighted by molar-refractivity contribution is 5.68. The monoisotopic (exact) mass is 379 g/mol. The molecule has 2 aliphatic rings. The molecular formula is C25H33NO2. The van der Waals surface area contributed by atoms with E-state index in [4.69, 9.17) is 4.74 Å². The third-order valence-electron chi connectivity index (χ3n) is 5.68. The first-order valence-electron chi connectivity index (χ1n) is 10.4. The summed E-state index contributed by atoms with van der Waals surface area (Å²) in [7, 11) is 1.82. The molecule has 3 heteroatoms. The van der Waals surface area contributed by atoms with Gasteiger partial charge in [0.2, 0.25) is 0 Å². The van der Waals surface area contributed by atoms with Crippen molar-refractivity contribution in [1.29, 1.82) is 0 Å². The Hall–Kier alpha value is -2.29. The van der Waals surface area contributed by atoms with Crippen molar-refractivity contribution in [3.63, 3.8) is 0 Å². The molecule has 0 N–H and O–H groups in total. The second-order valence-corrected chi connectivity index (χ2v) is 8.98. The number of nitrogens with zero attached hydrogens (tertiary/aromatic N) is 1. The molecule has 0 aromatic heterocycles. The third kappa shape index (κ3) is 4.76. The standard InChI is InChI=1S/C15H21NO2.C10H12/c1-15(2,3)18-14(17)16(4)13-10-9-11-7-5-6-8-12(11)13;1-8-6-7-9-4-2-3-5-10(8)9/h5-8,13H,9-10H2,1-4H3;2-5,8H,6-7H2,1H3/t13-;/m1./s1. The quantitative estimate of drug-likeness (QED) is 0.584. The lowest BCUT2D eigenvalue weighted by molar-refractivity contribution is 0.0220. The minimum atomic E-state index is -0.441. The molecule has 0 fully saturated rings. The minimum Gasteiger partial charge on any atom is -0.444 e. The first-order chi connectivity index (χ1) is 13.3. The zero-order chi connectivity index (χ0) is 20.3. The first-order valence-corrected chi connectivity index (χ1v) is 10.4. The molecule has 1 amide bonds. The van der Waals surface area contributed by atoms with Crippen LogP contribution in [0.25, 0.3) is 0 Å². The van der Waals surface area contributed by atoms with Gasteiger partial charge in [0.25, 0.3) is 0 Å². The number of fused-ring (bicyclic) bond motifs is 2. The molecular weight excluding hydrogens is 346 g/mol. The Kier molecular flexibility index (Phi) is 6.12. The van der Waals surface area contributed by atoms with Crippen LogP contribution in [0.15, 0.2) is 48.5 Å². The van der Waals surface area contributed by atoms with Crippen LogP contribution in [0.2, 0.25) is 0 Å². The highest BCUT2D eigenvalue weighted by Gasteiger charge is 2.30. The smallest absolute Gasteiger partial charge is 0.410 e. The minimum absolute atomic E-state index is 0.149. The van der Waals surface area contributed by atoms with Gasteiger partial charge >= 0.3 is 6.09 Å². The lowest BCUT2D eigenvalue weighted by Crippen LogP contribution is -2.36. The van der Waals surface area contributed by atoms with Gasteiger partial charge in [-0.05, 0) is 74.6 Å². The second-order valence-electron chi connectivity index (χ2n) is 8.98. The number of amides is 1. The molecule has 2 atom stereocenters. The van der Waals surface area contributed by atoms with Crippen LogP contribution in [0.1, 0.15) is 74.8 Å². The van der Waals surface area contributed by atoms with Gasteiger partial charge in [-0.1, -0.05) is 55.5 Å².